The van der Waals surface area contributed by atoms with Crippen LogP contribution in [-0.2, 0) is 23.2 Å². The van der Waals surface area contributed by atoms with Crippen molar-refractivity contribution in [1.82, 2.24) is 20.0 Å². The first-order valence-corrected chi connectivity index (χ1v) is 6.09. The van der Waals surface area contributed by atoms with Crippen LogP contribution in [0.3, 0.4) is 0 Å². The van der Waals surface area contributed by atoms with E-state index in [1.165, 1.54) is 0 Å². The van der Waals surface area contributed by atoms with E-state index >= 15 is 0 Å². The van der Waals surface area contributed by atoms with Crippen molar-refractivity contribution >= 4 is 23.4 Å². The van der Waals surface area contributed by atoms with E-state index < -0.39 is 0 Å². The lowest BCUT2D eigenvalue weighted by Gasteiger charge is -2.19. The van der Waals surface area contributed by atoms with Gasteiger partial charge in [0.25, 0.3) is 0 Å². The molecule has 7 heteroatoms. The molecule has 0 bridgehead atoms. The molecular formula is C11H15ClN4O2. The molecule has 1 saturated heterocycles. The van der Waals surface area contributed by atoms with Gasteiger partial charge >= 0.3 is 0 Å². The fourth-order valence-electron chi connectivity index (χ4n) is 1.94. The van der Waals surface area contributed by atoms with Crippen molar-refractivity contribution < 1.29 is 9.59 Å². The molecular weight excluding hydrogens is 256 g/mol. The molecule has 0 aliphatic carbocycles. The first-order chi connectivity index (χ1) is 8.49. The summed E-state index contributed by atoms with van der Waals surface area (Å²) in [5.41, 5.74) is 1.53. The standard InChI is InChI=1S/C11H15ClN4O2/c1-7-11(12)8(15(2)14-7)6-16-4-3-9(17)13-5-10(16)18/h3-6H2,1-2H3,(H,13,17). The highest BCUT2D eigenvalue weighted by molar-refractivity contribution is 6.31. The number of nitrogens with zero attached hydrogens (tertiary/aromatic N) is 3. The van der Waals surface area contributed by atoms with Crippen LogP contribution in [0.4, 0.5) is 0 Å². The molecule has 6 nitrogen and oxygen atoms in total. The molecule has 2 rings (SSSR count). The van der Waals surface area contributed by atoms with E-state index in [2.05, 4.69) is 10.4 Å². The maximum absolute atomic E-state index is 11.8. The lowest BCUT2D eigenvalue weighted by molar-refractivity contribution is -0.130. The number of hydrogen-bond donors (Lipinski definition) is 1. The quantitative estimate of drug-likeness (QED) is 0.837. The number of aromatic nitrogens is 2. The Balaban J connectivity index is 2.17. The molecule has 2 amide bonds. The molecule has 98 valence electrons. The first kappa shape index (κ1) is 12.9. The minimum absolute atomic E-state index is 0.0489. The van der Waals surface area contributed by atoms with Crippen LogP contribution in [0.15, 0.2) is 0 Å². The first-order valence-electron chi connectivity index (χ1n) is 5.71. The molecule has 2 heterocycles. The van der Waals surface area contributed by atoms with E-state index in [0.717, 1.165) is 11.4 Å². The maximum Gasteiger partial charge on any atom is 0.242 e. The number of carbonyl (C=O) groups is 2. The van der Waals surface area contributed by atoms with Crippen molar-refractivity contribution in [2.45, 2.75) is 19.9 Å². The van der Waals surface area contributed by atoms with Gasteiger partial charge in [0.2, 0.25) is 11.8 Å². The molecule has 0 unspecified atom stereocenters. The highest BCUT2D eigenvalue weighted by Crippen LogP contribution is 2.21. The molecule has 0 saturated carbocycles. The zero-order chi connectivity index (χ0) is 13.3. The second-order valence-corrected chi connectivity index (χ2v) is 4.69. The number of halogens is 1. The Hall–Kier alpha value is -1.56. The third-order valence-corrected chi connectivity index (χ3v) is 3.49. The van der Waals surface area contributed by atoms with Crippen LogP contribution in [-0.4, -0.2) is 39.6 Å². The summed E-state index contributed by atoms with van der Waals surface area (Å²) >= 11 is 6.15. The van der Waals surface area contributed by atoms with Gasteiger partial charge in [0, 0.05) is 20.0 Å². The van der Waals surface area contributed by atoms with Crippen molar-refractivity contribution in [1.29, 1.82) is 0 Å². The lowest BCUT2D eigenvalue weighted by Crippen LogP contribution is -2.35. The number of hydrogen-bond acceptors (Lipinski definition) is 3. The van der Waals surface area contributed by atoms with Crippen LogP contribution >= 0.6 is 11.6 Å². The maximum atomic E-state index is 11.8. The number of carbonyl (C=O) groups excluding carboxylic acids is 2. The summed E-state index contributed by atoms with van der Waals surface area (Å²) in [6.45, 7) is 2.66. The van der Waals surface area contributed by atoms with E-state index in [9.17, 15) is 9.59 Å². The number of amides is 2. The van der Waals surface area contributed by atoms with Gasteiger partial charge in [-0.05, 0) is 6.92 Å². The normalized spacial score (nSPS) is 16.7. The Bertz CT molecular complexity index is 497. The summed E-state index contributed by atoms with van der Waals surface area (Å²) in [6, 6.07) is 0. The molecule has 1 aromatic rings. The SMILES string of the molecule is Cc1nn(C)c(CN2CCC(=O)NCC2=O)c1Cl. The van der Waals surface area contributed by atoms with E-state index in [4.69, 9.17) is 11.6 Å². The molecule has 0 aromatic carbocycles. The van der Waals surface area contributed by atoms with Gasteiger partial charge < -0.3 is 10.2 Å². The Morgan fingerprint density at radius 2 is 2.17 bits per heavy atom. The molecule has 0 spiro atoms. The predicted octanol–water partition coefficient (Wildman–Crippen LogP) is 0.230. The van der Waals surface area contributed by atoms with Crippen molar-refractivity contribution in [2.24, 2.45) is 7.05 Å². The largest absolute Gasteiger partial charge is 0.347 e. The van der Waals surface area contributed by atoms with Crippen LogP contribution in [0.5, 0.6) is 0 Å². The van der Waals surface area contributed by atoms with Crippen molar-refractivity contribution in [3.8, 4) is 0 Å². The van der Waals surface area contributed by atoms with Crippen LogP contribution in [0.25, 0.3) is 0 Å². The van der Waals surface area contributed by atoms with Gasteiger partial charge in [-0.15, -0.1) is 0 Å². The summed E-state index contributed by atoms with van der Waals surface area (Å²) in [7, 11) is 1.79. The molecule has 1 aliphatic rings. The van der Waals surface area contributed by atoms with Gasteiger partial charge in [0.1, 0.15) is 0 Å². The third-order valence-electron chi connectivity index (χ3n) is 3.00. The summed E-state index contributed by atoms with van der Waals surface area (Å²) in [6.07, 6.45) is 0.320. The Morgan fingerprint density at radius 3 is 2.78 bits per heavy atom. The Labute approximate surface area is 110 Å². The van der Waals surface area contributed by atoms with E-state index in [-0.39, 0.29) is 18.4 Å². The fourth-order valence-corrected chi connectivity index (χ4v) is 2.16. The third kappa shape index (κ3) is 2.48. The minimum Gasteiger partial charge on any atom is -0.347 e. The Kier molecular flexibility index (Phi) is 3.56. The zero-order valence-electron chi connectivity index (χ0n) is 10.4. The van der Waals surface area contributed by atoms with E-state index in [1.807, 2.05) is 6.92 Å². The van der Waals surface area contributed by atoms with Gasteiger partial charge in [0.05, 0.1) is 29.5 Å². The van der Waals surface area contributed by atoms with Gasteiger partial charge in [-0.3, -0.25) is 14.3 Å². The molecule has 1 N–H and O–H groups in total. The molecule has 1 aromatic heterocycles. The molecule has 0 atom stereocenters. The van der Waals surface area contributed by atoms with Gasteiger partial charge in [-0.1, -0.05) is 11.6 Å². The van der Waals surface area contributed by atoms with Gasteiger partial charge in [-0.25, -0.2) is 0 Å². The van der Waals surface area contributed by atoms with Crippen molar-refractivity contribution in [3.63, 3.8) is 0 Å². The second-order valence-electron chi connectivity index (χ2n) is 4.31. The van der Waals surface area contributed by atoms with Gasteiger partial charge in [-0.2, -0.15) is 5.10 Å². The lowest BCUT2D eigenvalue weighted by atomic mass is 10.3. The molecule has 1 fully saturated rings. The zero-order valence-corrected chi connectivity index (χ0v) is 11.1. The highest BCUT2D eigenvalue weighted by atomic mass is 35.5. The van der Waals surface area contributed by atoms with Crippen LogP contribution in [0.1, 0.15) is 17.8 Å². The van der Waals surface area contributed by atoms with Crippen molar-refractivity contribution in [2.75, 3.05) is 13.1 Å². The van der Waals surface area contributed by atoms with Crippen LogP contribution in [0, 0.1) is 6.92 Å². The monoisotopic (exact) mass is 270 g/mol. The summed E-state index contributed by atoms with van der Waals surface area (Å²) in [4.78, 5) is 24.7. The molecule has 0 radical (unpaired) electrons. The molecule has 18 heavy (non-hydrogen) atoms. The minimum atomic E-state index is -0.101. The number of aryl methyl sites for hydroxylation is 2. The second kappa shape index (κ2) is 4.97. The van der Waals surface area contributed by atoms with E-state index in [0.29, 0.717) is 24.5 Å². The highest BCUT2D eigenvalue weighted by Gasteiger charge is 2.22. The van der Waals surface area contributed by atoms with Crippen molar-refractivity contribution in [3.05, 3.63) is 16.4 Å². The summed E-state index contributed by atoms with van der Waals surface area (Å²) in [5, 5.41) is 7.34. The van der Waals surface area contributed by atoms with Crippen LogP contribution in [0.2, 0.25) is 5.02 Å². The number of rotatable bonds is 2. The van der Waals surface area contributed by atoms with Gasteiger partial charge in [0.15, 0.2) is 0 Å². The number of nitrogens with one attached hydrogen (secondary N) is 1. The fraction of sp³-hybridized carbons (Fsp3) is 0.545. The summed E-state index contributed by atoms with van der Waals surface area (Å²) in [5.74, 6) is -0.200. The van der Waals surface area contributed by atoms with Crippen LogP contribution < -0.4 is 5.32 Å². The average molecular weight is 271 g/mol. The average Bonchev–Trinajstić information content (AvgIpc) is 2.48. The predicted molar refractivity (Wildman–Crippen MR) is 66.0 cm³/mol. The Morgan fingerprint density at radius 1 is 1.44 bits per heavy atom. The van der Waals surface area contributed by atoms with E-state index in [1.54, 1.807) is 16.6 Å². The topological polar surface area (TPSA) is 67.2 Å². The molecule has 1 aliphatic heterocycles. The smallest absolute Gasteiger partial charge is 0.242 e. The summed E-state index contributed by atoms with van der Waals surface area (Å²) < 4.78 is 1.67.